The Balaban J connectivity index is 2.49. The van der Waals surface area contributed by atoms with Gasteiger partial charge >= 0.3 is 0 Å². The number of ether oxygens (including phenoxy) is 1. The van der Waals surface area contributed by atoms with Crippen LogP contribution in [0.4, 0.5) is 0 Å². The van der Waals surface area contributed by atoms with Crippen molar-refractivity contribution < 1.29 is 4.74 Å². The summed E-state index contributed by atoms with van der Waals surface area (Å²) in [5.74, 6) is 0. The lowest BCUT2D eigenvalue weighted by molar-refractivity contribution is 0.185. The van der Waals surface area contributed by atoms with Crippen LogP contribution in [-0.2, 0) is 11.2 Å². The quantitative estimate of drug-likeness (QED) is 0.690. The van der Waals surface area contributed by atoms with Gasteiger partial charge in [-0.05, 0) is 24.7 Å². The number of methoxy groups -OCH3 is 1. The van der Waals surface area contributed by atoms with Crippen molar-refractivity contribution in [2.45, 2.75) is 33.1 Å². The molecule has 98 valence electrons. The van der Waals surface area contributed by atoms with Crippen molar-refractivity contribution in [2.75, 3.05) is 26.8 Å². The second kappa shape index (κ2) is 7.80. The van der Waals surface area contributed by atoms with E-state index in [0.29, 0.717) is 5.41 Å². The Bertz CT molecular complexity index is 284. The number of aromatic nitrogens is 1. The van der Waals surface area contributed by atoms with Gasteiger partial charge in [-0.2, -0.15) is 0 Å². The molecule has 0 atom stereocenters. The molecule has 1 aromatic heterocycles. The second-order valence-corrected chi connectivity index (χ2v) is 5.25. The van der Waals surface area contributed by atoms with E-state index in [1.54, 1.807) is 18.4 Å². The average molecular weight is 256 g/mol. The van der Waals surface area contributed by atoms with E-state index in [1.165, 1.54) is 18.5 Å². The number of nitrogens with one attached hydrogen (secondary N) is 1. The topological polar surface area (TPSA) is 34.1 Å². The van der Waals surface area contributed by atoms with Gasteiger partial charge in [0.2, 0.25) is 0 Å². The highest BCUT2D eigenvalue weighted by Gasteiger charge is 2.26. The van der Waals surface area contributed by atoms with E-state index in [4.69, 9.17) is 4.74 Å². The summed E-state index contributed by atoms with van der Waals surface area (Å²) in [5.41, 5.74) is 3.48. The molecule has 0 radical (unpaired) electrons. The molecule has 0 amide bonds. The zero-order valence-electron chi connectivity index (χ0n) is 11.2. The van der Waals surface area contributed by atoms with Crippen LogP contribution in [0.2, 0.25) is 0 Å². The SMILES string of the molecule is CCC(CC)(CNCCOC)Cc1cscn1. The zero-order valence-corrected chi connectivity index (χ0v) is 12.0. The maximum Gasteiger partial charge on any atom is 0.0794 e. The summed E-state index contributed by atoms with van der Waals surface area (Å²) in [6.07, 6.45) is 3.44. The molecule has 0 fully saturated rings. The molecule has 1 heterocycles. The first kappa shape index (κ1) is 14.6. The molecule has 1 rings (SSSR count). The molecule has 0 bridgehead atoms. The van der Waals surface area contributed by atoms with Crippen LogP contribution in [0.5, 0.6) is 0 Å². The van der Waals surface area contributed by atoms with E-state index < -0.39 is 0 Å². The van der Waals surface area contributed by atoms with Crippen molar-refractivity contribution in [2.24, 2.45) is 5.41 Å². The number of nitrogens with zero attached hydrogens (tertiary/aromatic N) is 1. The van der Waals surface area contributed by atoms with Crippen molar-refractivity contribution in [3.63, 3.8) is 0 Å². The predicted octanol–water partition coefficient (Wildman–Crippen LogP) is 2.73. The lowest BCUT2D eigenvalue weighted by Gasteiger charge is -2.31. The van der Waals surface area contributed by atoms with Crippen molar-refractivity contribution >= 4 is 11.3 Å². The number of hydrogen-bond acceptors (Lipinski definition) is 4. The average Bonchev–Trinajstić information content (AvgIpc) is 2.86. The summed E-state index contributed by atoms with van der Waals surface area (Å²) in [6.45, 7) is 7.29. The second-order valence-electron chi connectivity index (χ2n) is 4.53. The highest BCUT2D eigenvalue weighted by Crippen LogP contribution is 2.30. The maximum absolute atomic E-state index is 5.06. The van der Waals surface area contributed by atoms with Crippen LogP contribution in [-0.4, -0.2) is 31.8 Å². The Morgan fingerprint density at radius 2 is 2.18 bits per heavy atom. The first-order valence-electron chi connectivity index (χ1n) is 6.33. The molecular formula is C13H24N2OS. The van der Waals surface area contributed by atoms with Gasteiger partial charge in [-0.15, -0.1) is 11.3 Å². The molecule has 0 aliphatic rings. The van der Waals surface area contributed by atoms with Gasteiger partial charge in [0.15, 0.2) is 0 Å². The van der Waals surface area contributed by atoms with Crippen LogP contribution in [0, 0.1) is 5.41 Å². The third-order valence-electron chi connectivity index (χ3n) is 3.52. The summed E-state index contributed by atoms with van der Waals surface area (Å²) in [6, 6.07) is 0. The van der Waals surface area contributed by atoms with Gasteiger partial charge in [-0.3, -0.25) is 0 Å². The summed E-state index contributed by atoms with van der Waals surface area (Å²) in [5, 5.41) is 5.65. The normalized spacial score (nSPS) is 11.9. The summed E-state index contributed by atoms with van der Waals surface area (Å²) in [4.78, 5) is 4.41. The van der Waals surface area contributed by atoms with Crippen molar-refractivity contribution in [1.82, 2.24) is 10.3 Å². The Morgan fingerprint density at radius 1 is 1.41 bits per heavy atom. The monoisotopic (exact) mass is 256 g/mol. The molecular weight excluding hydrogens is 232 g/mol. The highest BCUT2D eigenvalue weighted by molar-refractivity contribution is 7.07. The first-order chi connectivity index (χ1) is 8.26. The van der Waals surface area contributed by atoms with Gasteiger partial charge in [0.05, 0.1) is 17.8 Å². The van der Waals surface area contributed by atoms with Crippen LogP contribution in [0.1, 0.15) is 32.4 Å². The number of rotatable bonds is 9. The van der Waals surface area contributed by atoms with Gasteiger partial charge < -0.3 is 10.1 Å². The van der Waals surface area contributed by atoms with Gasteiger partial charge in [0, 0.05) is 25.6 Å². The molecule has 0 aromatic carbocycles. The maximum atomic E-state index is 5.06. The van der Waals surface area contributed by atoms with Gasteiger partial charge in [-0.25, -0.2) is 4.98 Å². The van der Waals surface area contributed by atoms with E-state index >= 15 is 0 Å². The largest absolute Gasteiger partial charge is 0.383 e. The van der Waals surface area contributed by atoms with Gasteiger partial charge in [0.25, 0.3) is 0 Å². The molecule has 0 unspecified atom stereocenters. The molecule has 0 spiro atoms. The van der Waals surface area contributed by atoms with Crippen LogP contribution in [0.3, 0.4) is 0 Å². The Morgan fingerprint density at radius 3 is 2.71 bits per heavy atom. The lowest BCUT2D eigenvalue weighted by atomic mass is 9.78. The molecule has 0 saturated carbocycles. The Labute approximate surface area is 109 Å². The van der Waals surface area contributed by atoms with Crippen LogP contribution < -0.4 is 5.32 Å². The molecule has 17 heavy (non-hydrogen) atoms. The molecule has 0 aliphatic heterocycles. The lowest BCUT2D eigenvalue weighted by Crippen LogP contribution is -2.36. The van der Waals surface area contributed by atoms with E-state index in [0.717, 1.165) is 26.1 Å². The fraction of sp³-hybridized carbons (Fsp3) is 0.769. The van der Waals surface area contributed by atoms with Crippen molar-refractivity contribution in [3.05, 3.63) is 16.6 Å². The van der Waals surface area contributed by atoms with E-state index in [2.05, 4.69) is 29.5 Å². The van der Waals surface area contributed by atoms with Gasteiger partial charge in [-0.1, -0.05) is 13.8 Å². The van der Waals surface area contributed by atoms with E-state index in [1.807, 2.05) is 5.51 Å². The van der Waals surface area contributed by atoms with Crippen LogP contribution >= 0.6 is 11.3 Å². The molecule has 4 heteroatoms. The minimum atomic E-state index is 0.335. The predicted molar refractivity (Wildman–Crippen MR) is 73.6 cm³/mol. The Hall–Kier alpha value is -0.450. The highest BCUT2D eigenvalue weighted by atomic mass is 32.1. The van der Waals surface area contributed by atoms with Crippen molar-refractivity contribution in [3.8, 4) is 0 Å². The minimum absolute atomic E-state index is 0.335. The van der Waals surface area contributed by atoms with Crippen LogP contribution in [0.15, 0.2) is 10.9 Å². The van der Waals surface area contributed by atoms with E-state index in [-0.39, 0.29) is 0 Å². The standard InChI is InChI=1S/C13H24N2OS/c1-4-13(5-2,10-14-6-7-16-3)8-12-9-17-11-15-12/h9,11,14H,4-8,10H2,1-3H3. The molecule has 1 aromatic rings. The first-order valence-corrected chi connectivity index (χ1v) is 7.27. The smallest absolute Gasteiger partial charge is 0.0794 e. The number of hydrogen-bond donors (Lipinski definition) is 1. The summed E-state index contributed by atoms with van der Waals surface area (Å²) in [7, 11) is 1.74. The summed E-state index contributed by atoms with van der Waals surface area (Å²) < 4.78 is 5.06. The van der Waals surface area contributed by atoms with E-state index in [9.17, 15) is 0 Å². The fourth-order valence-electron chi connectivity index (χ4n) is 2.05. The summed E-state index contributed by atoms with van der Waals surface area (Å²) >= 11 is 1.68. The van der Waals surface area contributed by atoms with Gasteiger partial charge in [0.1, 0.15) is 0 Å². The Kier molecular flexibility index (Phi) is 6.70. The van der Waals surface area contributed by atoms with Crippen LogP contribution in [0.25, 0.3) is 0 Å². The molecule has 0 aliphatic carbocycles. The minimum Gasteiger partial charge on any atom is -0.383 e. The fourth-order valence-corrected chi connectivity index (χ4v) is 2.61. The molecule has 0 saturated heterocycles. The molecule has 1 N–H and O–H groups in total. The third-order valence-corrected chi connectivity index (χ3v) is 4.16. The molecule has 3 nitrogen and oxygen atoms in total. The van der Waals surface area contributed by atoms with Crippen molar-refractivity contribution in [1.29, 1.82) is 0 Å². The number of thiazole rings is 1. The third kappa shape index (κ3) is 4.74. The zero-order chi connectivity index (χ0) is 12.6.